The van der Waals surface area contributed by atoms with Crippen molar-refractivity contribution in [2.45, 2.75) is 174 Å². The minimum Gasteiger partial charge on any atom is -0.0806 e. The van der Waals surface area contributed by atoms with Gasteiger partial charge in [0.15, 0.2) is 0 Å². The predicted molar refractivity (Wildman–Crippen MR) is 161 cm³/mol. The van der Waals surface area contributed by atoms with Gasteiger partial charge in [0.25, 0.3) is 0 Å². The molecule has 36 heavy (non-hydrogen) atoms. The van der Waals surface area contributed by atoms with Gasteiger partial charge in [-0.3, -0.25) is 0 Å². The molecule has 3 aliphatic rings. The summed E-state index contributed by atoms with van der Waals surface area (Å²) < 4.78 is 0. The van der Waals surface area contributed by atoms with Crippen LogP contribution in [0.4, 0.5) is 0 Å². The van der Waals surface area contributed by atoms with Gasteiger partial charge in [0, 0.05) is 0 Å². The highest BCUT2D eigenvalue weighted by Crippen LogP contribution is 2.42. The summed E-state index contributed by atoms with van der Waals surface area (Å²) in [5, 5.41) is 0. The van der Waals surface area contributed by atoms with Crippen LogP contribution in [-0.2, 0) is 0 Å². The molecule has 3 rings (SSSR count). The molecule has 0 aromatic rings. The fourth-order valence-corrected chi connectivity index (χ4v) is 7.78. The zero-order valence-corrected chi connectivity index (χ0v) is 24.8. The van der Waals surface area contributed by atoms with Crippen molar-refractivity contribution in [1.82, 2.24) is 0 Å². The number of hydrogen-bond acceptors (Lipinski definition) is 0. The number of rotatable bonds is 18. The van der Waals surface area contributed by atoms with Gasteiger partial charge in [-0.1, -0.05) is 148 Å². The summed E-state index contributed by atoms with van der Waals surface area (Å²) in [6.07, 6.45) is 44.7. The Bertz CT molecular complexity index is 581. The van der Waals surface area contributed by atoms with Crippen LogP contribution < -0.4 is 0 Å². The summed E-state index contributed by atoms with van der Waals surface area (Å²) in [6.45, 7) is 4.63. The minimum absolute atomic E-state index is 0.849. The SMILES string of the molecule is CCCCCCCCCCC1CCC(C2C=CC(C3CCC(CCCCCCCC)CC3)=CC2)CC1. The maximum atomic E-state index is 2.68. The lowest BCUT2D eigenvalue weighted by atomic mass is 9.71. The van der Waals surface area contributed by atoms with Crippen LogP contribution in [0.15, 0.2) is 23.8 Å². The van der Waals surface area contributed by atoms with E-state index in [9.17, 15) is 0 Å². The van der Waals surface area contributed by atoms with Gasteiger partial charge in [-0.25, -0.2) is 0 Å². The van der Waals surface area contributed by atoms with Crippen molar-refractivity contribution in [3.63, 3.8) is 0 Å². The molecule has 0 heterocycles. The van der Waals surface area contributed by atoms with Gasteiger partial charge in [0.2, 0.25) is 0 Å². The first-order chi connectivity index (χ1) is 17.8. The molecular weight excluding hydrogens is 432 g/mol. The van der Waals surface area contributed by atoms with Gasteiger partial charge in [0.1, 0.15) is 0 Å². The molecule has 0 aromatic heterocycles. The van der Waals surface area contributed by atoms with E-state index in [4.69, 9.17) is 0 Å². The van der Waals surface area contributed by atoms with Crippen LogP contribution in [0.5, 0.6) is 0 Å². The number of hydrogen-bond donors (Lipinski definition) is 0. The third-order valence-corrected chi connectivity index (χ3v) is 10.4. The van der Waals surface area contributed by atoms with E-state index >= 15 is 0 Å². The Morgan fingerprint density at radius 2 is 1.03 bits per heavy atom. The quantitative estimate of drug-likeness (QED) is 0.165. The highest BCUT2D eigenvalue weighted by molar-refractivity contribution is 5.27. The zero-order valence-electron chi connectivity index (χ0n) is 24.8. The number of unbranched alkanes of at least 4 members (excludes halogenated alkanes) is 12. The van der Waals surface area contributed by atoms with Crippen molar-refractivity contribution in [3.8, 4) is 0 Å². The first kappa shape index (κ1) is 30.0. The summed E-state index contributed by atoms with van der Waals surface area (Å²) in [6, 6.07) is 0. The van der Waals surface area contributed by atoms with Crippen molar-refractivity contribution in [3.05, 3.63) is 23.8 Å². The molecule has 0 N–H and O–H groups in total. The van der Waals surface area contributed by atoms with E-state index in [1.807, 2.05) is 0 Å². The Balaban J connectivity index is 1.22. The molecule has 0 aromatic carbocycles. The van der Waals surface area contributed by atoms with Crippen molar-refractivity contribution in [1.29, 1.82) is 0 Å². The highest BCUT2D eigenvalue weighted by Gasteiger charge is 2.28. The normalized spacial score (nSPS) is 28.8. The fourth-order valence-electron chi connectivity index (χ4n) is 7.78. The minimum atomic E-state index is 0.849. The molecule has 1 atom stereocenters. The monoisotopic (exact) mass is 497 g/mol. The largest absolute Gasteiger partial charge is 0.0806 e. The lowest BCUT2D eigenvalue weighted by molar-refractivity contribution is 0.217. The first-order valence-electron chi connectivity index (χ1n) is 17.2. The molecule has 0 radical (unpaired) electrons. The molecule has 3 aliphatic carbocycles. The summed E-state index contributed by atoms with van der Waals surface area (Å²) in [7, 11) is 0. The maximum Gasteiger partial charge on any atom is -0.0165 e. The standard InChI is InChI=1S/C36H64/c1-3-5-7-9-11-12-14-16-18-32-21-25-34(26-22-32)36-29-27-35(28-30-36)33-23-19-31(20-24-33)17-15-13-10-8-6-4-2/h27-29,31-34,36H,3-26,30H2,1-2H3. The van der Waals surface area contributed by atoms with Gasteiger partial charge < -0.3 is 0 Å². The van der Waals surface area contributed by atoms with Crippen molar-refractivity contribution in [2.75, 3.05) is 0 Å². The fraction of sp³-hybridized carbons (Fsp3) is 0.889. The summed E-state index contributed by atoms with van der Waals surface area (Å²) in [5.74, 6) is 4.79. The van der Waals surface area contributed by atoms with Crippen molar-refractivity contribution < 1.29 is 0 Å². The van der Waals surface area contributed by atoms with E-state index in [0.717, 1.165) is 29.6 Å². The Kier molecular flexibility index (Phi) is 15.6. The van der Waals surface area contributed by atoms with E-state index in [1.165, 1.54) is 161 Å². The van der Waals surface area contributed by atoms with Crippen LogP contribution in [0.2, 0.25) is 0 Å². The summed E-state index contributed by atoms with van der Waals surface area (Å²) in [4.78, 5) is 0. The molecule has 0 amide bonds. The van der Waals surface area contributed by atoms with Crippen LogP contribution in [-0.4, -0.2) is 0 Å². The number of allylic oxidation sites excluding steroid dienone is 4. The van der Waals surface area contributed by atoms with Gasteiger partial charge in [-0.15, -0.1) is 0 Å². The third kappa shape index (κ3) is 11.5. The maximum absolute atomic E-state index is 2.68. The average molecular weight is 497 g/mol. The molecule has 208 valence electrons. The van der Waals surface area contributed by atoms with Crippen LogP contribution in [0.25, 0.3) is 0 Å². The summed E-state index contributed by atoms with van der Waals surface area (Å²) in [5.41, 5.74) is 1.72. The zero-order chi connectivity index (χ0) is 25.3. The molecular formula is C36H64. The molecule has 1 unspecified atom stereocenters. The predicted octanol–water partition coefficient (Wildman–Crippen LogP) is 12.4. The van der Waals surface area contributed by atoms with Gasteiger partial charge in [-0.2, -0.15) is 0 Å². The topological polar surface area (TPSA) is 0 Å². The lowest BCUT2D eigenvalue weighted by Gasteiger charge is -2.35. The second kappa shape index (κ2) is 18.7. The molecule has 0 aliphatic heterocycles. The van der Waals surface area contributed by atoms with Gasteiger partial charge in [-0.05, 0) is 80.1 Å². The van der Waals surface area contributed by atoms with Gasteiger partial charge in [0.05, 0.1) is 0 Å². The van der Waals surface area contributed by atoms with Crippen molar-refractivity contribution >= 4 is 0 Å². The van der Waals surface area contributed by atoms with E-state index < -0.39 is 0 Å². The van der Waals surface area contributed by atoms with E-state index in [0.29, 0.717) is 0 Å². The molecule has 0 heteroatoms. The molecule has 0 spiro atoms. The molecule has 0 nitrogen and oxygen atoms in total. The molecule has 2 saturated carbocycles. The highest BCUT2D eigenvalue weighted by atomic mass is 14.3. The first-order valence-corrected chi connectivity index (χ1v) is 17.2. The Hall–Kier alpha value is -0.520. The van der Waals surface area contributed by atoms with E-state index in [-0.39, 0.29) is 0 Å². The van der Waals surface area contributed by atoms with Crippen LogP contribution in [0.1, 0.15) is 174 Å². The molecule has 0 saturated heterocycles. The molecule has 0 bridgehead atoms. The second-order valence-electron chi connectivity index (χ2n) is 13.3. The van der Waals surface area contributed by atoms with Crippen LogP contribution >= 0.6 is 0 Å². The second-order valence-corrected chi connectivity index (χ2v) is 13.3. The Morgan fingerprint density at radius 1 is 0.556 bits per heavy atom. The smallest absolute Gasteiger partial charge is 0.0165 e. The summed E-state index contributed by atoms with van der Waals surface area (Å²) >= 11 is 0. The van der Waals surface area contributed by atoms with E-state index in [1.54, 1.807) is 5.57 Å². The van der Waals surface area contributed by atoms with Crippen LogP contribution in [0.3, 0.4) is 0 Å². The average Bonchev–Trinajstić information content (AvgIpc) is 2.93. The van der Waals surface area contributed by atoms with Gasteiger partial charge >= 0.3 is 0 Å². The third-order valence-electron chi connectivity index (χ3n) is 10.4. The Labute approximate surface area is 227 Å². The molecule has 2 fully saturated rings. The Morgan fingerprint density at radius 3 is 1.50 bits per heavy atom. The van der Waals surface area contributed by atoms with E-state index in [2.05, 4.69) is 32.1 Å². The lowest BCUT2D eigenvalue weighted by Crippen LogP contribution is -2.22. The van der Waals surface area contributed by atoms with Crippen molar-refractivity contribution in [2.24, 2.45) is 29.6 Å². The van der Waals surface area contributed by atoms with Crippen LogP contribution in [0, 0.1) is 29.6 Å².